The molecule has 1 aromatic heterocycles. The predicted octanol–water partition coefficient (Wildman–Crippen LogP) is 1.68. The maximum absolute atomic E-state index is 12.6. The van der Waals surface area contributed by atoms with Crippen LogP contribution >= 0.6 is 0 Å². The maximum Gasteiger partial charge on any atom is 0.322 e. The van der Waals surface area contributed by atoms with E-state index in [0.29, 0.717) is 35.7 Å². The number of imidazole rings is 1. The van der Waals surface area contributed by atoms with Crippen LogP contribution in [0.1, 0.15) is 37.6 Å². The van der Waals surface area contributed by atoms with Gasteiger partial charge in [0.1, 0.15) is 17.6 Å². The van der Waals surface area contributed by atoms with E-state index in [-0.39, 0.29) is 25.1 Å². The van der Waals surface area contributed by atoms with E-state index >= 15 is 0 Å². The Labute approximate surface area is 219 Å². The van der Waals surface area contributed by atoms with Gasteiger partial charge in [-0.25, -0.2) is 18.1 Å². The lowest BCUT2D eigenvalue weighted by Crippen LogP contribution is -2.43. The third-order valence-corrected chi connectivity index (χ3v) is 7.42. The minimum Gasteiger partial charge on any atom is -0.480 e. The molecule has 5 N–H and O–H groups in total. The summed E-state index contributed by atoms with van der Waals surface area (Å²) in [5, 5.41) is 14.9. The van der Waals surface area contributed by atoms with Gasteiger partial charge in [-0.05, 0) is 42.7 Å². The number of aliphatic carboxylic acids is 1. The van der Waals surface area contributed by atoms with Crippen molar-refractivity contribution in [3.8, 4) is 5.75 Å². The van der Waals surface area contributed by atoms with Crippen molar-refractivity contribution in [2.45, 2.75) is 51.3 Å². The quantitative estimate of drug-likeness (QED) is 0.229. The number of sulfonamides is 1. The van der Waals surface area contributed by atoms with Crippen molar-refractivity contribution in [2.24, 2.45) is 0 Å². The highest BCUT2D eigenvalue weighted by Crippen LogP contribution is 2.31. The second kappa shape index (κ2) is 11.6. The van der Waals surface area contributed by atoms with Crippen molar-refractivity contribution in [3.63, 3.8) is 0 Å². The zero-order chi connectivity index (χ0) is 27.3. The smallest absolute Gasteiger partial charge is 0.322 e. The molecule has 0 bridgehead atoms. The summed E-state index contributed by atoms with van der Waals surface area (Å²) in [5.41, 5.74) is 2.43. The topological polar surface area (TPSA) is 180 Å². The number of nitrogens with zero attached hydrogens (tertiary/aromatic N) is 1. The van der Waals surface area contributed by atoms with E-state index in [4.69, 9.17) is 4.74 Å². The second-order valence-electron chi connectivity index (χ2n) is 8.99. The minimum atomic E-state index is -3.75. The highest BCUT2D eigenvalue weighted by atomic mass is 32.2. The van der Waals surface area contributed by atoms with E-state index < -0.39 is 40.0 Å². The van der Waals surface area contributed by atoms with Crippen molar-refractivity contribution >= 4 is 44.5 Å². The molecule has 0 saturated carbocycles. The molecule has 2 amide bonds. The van der Waals surface area contributed by atoms with Gasteiger partial charge in [0.2, 0.25) is 15.9 Å². The van der Waals surface area contributed by atoms with Gasteiger partial charge in [0.05, 0.1) is 35.4 Å². The highest BCUT2D eigenvalue weighted by Gasteiger charge is 2.31. The predicted molar refractivity (Wildman–Crippen MR) is 139 cm³/mol. The number of anilines is 1. The molecule has 3 aromatic rings. The van der Waals surface area contributed by atoms with Crippen LogP contribution < -0.4 is 20.1 Å². The summed E-state index contributed by atoms with van der Waals surface area (Å²) in [6.45, 7) is 2.00. The van der Waals surface area contributed by atoms with Crippen LogP contribution in [0.2, 0.25) is 0 Å². The molecule has 0 spiro atoms. The van der Waals surface area contributed by atoms with Gasteiger partial charge in [-0.2, -0.15) is 0 Å². The van der Waals surface area contributed by atoms with Gasteiger partial charge >= 0.3 is 5.97 Å². The van der Waals surface area contributed by atoms with E-state index in [1.165, 1.54) is 6.07 Å². The van der Waals surface area contributed by atoms with Crippen LogP contribution in [0, 0.1) is 0 Å². The Morgan fingerprint density at radius 3 is 2.74 bits per heavy atom. The first kappa shape index (κ1) is 27.1. The summed E-state index contributed by atoms with van der Waals surface area (Å²) in [5.74, 6) is -1.49. The number of hydrogen-bond acceptors (Lipinski definition) is 7. The first-order chi connectivity index (χ1) is 18.1. The number of hydrogen-bond donors (Lipinski definition) is 5. The van der Waals surface area contributed by atoms with E-state index in [9.17, 15) is 27.9 Å². The Hall–Kier alpha value is -3.97. The summed E-state index contributed by atoms with van der Waals surface area (Å²) in [7, 11) is -3.75. The molecule has 0 fully saturated rings. The fraction of sp³-hybridized carbons (Fsp3) is 0.360. The third-order valence-electron chi connectivity index (χ3n) is 5.95. The number of fused-ring (bicyclic) bond motifs is 2. The van der Waals surface area contributed by atoms with Gasteiger partial charge in [0.25, 0.3) is 5.91 Å². The van der Waals surface area contributed by atoms with Crippen LogP contribution in [0.4, 0.5) is 5.69 Å². The number of carbonyl (C=O) groups excluding carboxylic acids is 2. The molecule has 2 aromatic carbocycles. The normalized spacial score (nSPS) is 15.8. The number of ether oxygens (including phenoxy) is 1. The first-order valence-electron chi connectivity index (χ1n) is 12.2. The van der Waals surface area contributed by atoms with Crippen LogP contribution in [0.5, 0.6) is 5.75 Å². The standard InChI is InChI=1S/C25H29N5O7S/c1-2-3-10-38(35,36)30-19(25(33)34)12-15-8-9-20-18(11-15)29-24(32)21(37-20)13-23(31)26-14-22-27-16-6-4-5-7-17(16)28-22/h4-9,11,19,21,30H,2-3,10,12-14H2,1H3,(H,26,31)(H,27,28)(H,29,32)(H,33,34)/t19-,21?/m0/s1. The fourth-order valence-corrected chi connectivity index (χ4v) is 5.40. The van der Waals surface area contributed by atoms with Gasteiger partial charge in [-0.3, -0.25) is 14.4 Å². The Kier molecular flexibility index (Phi) is 8.27. The van der Waals surface area contributed by atoms with E-state index in [1.54, 1.807) is 12.1 Å². The number of benzene rings is 2. The molecule has 1 unspecified atom stereocenters. The summed E-state index contributed by atoms with van der Waals surface area (Å²) in [6, 6.07) is 10.8. The zero-order valence-electron chi connectivity index (χ0n) is 20.7. The number of carbonyl (C=O) groups is 3. The molecule has 38 heavy (non-hydrogen) atoms. The Morgan fingerprint density at radius 1 is 1.21 bits per heavy atom. The average Bonchev–Trinajstić information content (AvgIpc) is 3.29. The number of unbranched alkanes of at least 4 members (excludes halogenated alkanes) is 1. The SMILES string of the molecule is CCCCS(=O)(=O)N[C@@H](Cc1ccc2c(c1)NC(=O)C(CC(=O)NCc1nc3ccccc3[nH]1)O2)C(=O)O. The van der Waals surface area contributed by atoms with Gasteiger partial charge in [-0.1, -0.05) is 31.5 Å². The van der Waals surface area contributed by atoms with Gasteiger partial charge < -0.3 is 25.5 Å². The Morgan fingerprint density at radius 2 is 2.00 bits per heavy atom. The second-order valence-corrected chi connectivity index (χ2v) is 10.9. The van der Waals surface area contributed by atoms with Crippen molar-refractivity contribution in [2.75, 3.05) is 11.1 Å². The van der Waals surface area contributed by atoms with E-state index in [1.807, 2.05) is 31.2 Å². The summed E-state index contributed by atoms with van der Waals surface area (Å²) >= 11 is 0. The van der Waals surface area contributed by atoms with Crippen LogP contribution in [0.15, 0.2) is 42.5 Å². The number of rotatable bonds is 12. The number of amides is 2. The van der Waals surface area contributed by atoms with E-state index in [0.717, 1.165) is 11.0 Å². The molecule has 202 valence electrons. The molecule has 0 saturated heterocycles. The Balaban J connectivity index is 1.35. The van der Waals surface area contributed by atoms with Crippen LogP contribution in [0.3, 0.4) is 0 Å². The molecule has 1 aliphatic rings. The molecule has 2 heterocycles. The monoisotopic (exact) mass is 543 g/mol. The van der Waals surface area contributed by atoms with Gasteiger partial charge in [-0.15, -0.1) is 0 Å². The molecule has 0 aliphatic carbocycles. The molecular weight excluding hydrogens is 514 g/mol. The number of nitrogens with one attached hydrogen (secondary N) is 4. The van der Waals surface area contributed by atoms with Crippen molar-refractivity contribution in [1.82, 2.24) is 20.0 Å². The van der Waals surface area contributed by atoms with Crippen LogP contribution in [0.25, 0.3) is 11.0 Å². The largest absolute Gasteiger partial charge is 0.480 e. The molecule has 13 heteroatoms. The molecule has 2 atom stereocenters. The van der Waals surface area contributed by atoms with Crippen molar-refractivity contribution in [3.05, 3.63) is 53.9 Å². The van der Waals surface area contributed by atoms with Crippen LogP contribution in [-0.4, -0.2) is 59.2 Å². The lowest BCUT2D eigenvalue weighted by molar-refractivity contribution is -0.139. The first-order valence-corrected chi connectivity index (χ1v) is 13.8. The number of para-hydroxylation sites is 2. The number of aromatic amines is 1. The maximum atomic E-state index is 12.6. The lowest BCUT2D eigenvalue weighted by atomic mass is 10.0. The Bertz CT molecular complexity index is 1420. The van der Waals surface area contributed by atoms with E-state index in [2.05, 4.69) is 25.3 Å². The molecule has 4 rings (SSSR count). The summed E-state index contributed by atoms with van der Waals surface area (Å²) in [4.78, 5) is 44.2. The zero-order valence-corrected chi connectivity index (χ0v) is 21.5. The third kappa shape index (κ3) is 6.86. The summed E-state index contributed by atoms with van der Waals surface area (Å²) in [6.07, 6.45) is -0.317. The highest BCUT2D eigenvalue weighted by molar-refractivity contribution is 7.89. The number of H-pyrrole nitrogens is 1. The molecule has 12 nitrogen and oxygen atoms in total. The number of aromatic nitrogens is 2. The molecular formula is C25H29N5O7S. The molecule has 1 aliphatic heterocycles. The summed E-state index contributed by atoms with van der Waals surface area (Å²) < 4.78 is 32.3. The van der Waals surface area contributed by atoms with Gasteiger partial charge in [0.15, 0.2) is 6.10 Å². The minimum absolute atomic E-state index is 0.128. The average molecular weight is 544 g/mol. The van der Waals surface area contributed by atoms with Crippen molar-refractivity contribution < 1.29 is 32.6 Å². The van der Waals surface area contributed by atoms with Crippen molar-refractivity contribution in [1.29, 1.82) is 0 Å². The molecule has 0 radical (unpaired) electrons. The lowest BCUT2D eigenvalue weighted by Gasteiger charge is -2.26. The fourth-order valence-electron chi connectivity index (χ4n) is 4.00. The van der Waals surface area contributed by atoms with Gasteiger partial charge in [0, 0.05) is 0 Å². The van der Waals surface area contributed by atoms with Crippen LogP contribution in [-0.2, 0) is 37.4 Å². The number of carboxylic acid groups (broad SMARTS) is 1. The number of carboxylic acids is 1.